The molecule has 2 aromatic rings. The molecule has 2 aliphatic heterocycles. The lowest BCUT2D eigenvalue weighted by Crippen LogP contribution is -2.54. The molecule has 3 aliphatic rings. The molecule has 9 nitrogen and oxygen atoms in total. The van der Waals surface area contributed by atoms with Crippen molar-refractivity contribution in [1.29, 1.82) is 0 Å². The van der Waals surface area contributed by atoms with Crippen LogP contribution in [0.5, 0.6) is 5.75 Å². The minimum Gasteiger partial charge on any atom is -0.490 e. The van der Waals surface area contributed by atoms with Crippen LogP contribution in [0, 0.1) is 12.8 Å². The molecule has 1 saturated carbocycles. The van der Waals surface area contributed by atoms with Crippen LogP contribution >= 0.6 is 0 Å². The van der Waals surface area contributed by atoms with E-state index in [1.807, 2.05) is 31.2 Å². The van der Waals surface area contributed by atoms with Crippen LogP contribution in [0.25, 0.3) is 0 Å². The molecular formula is C28H34N4O5. The van der Waals surface area contributed by atoms with Crippen LogP contribution in [0.2, 0.25) is 0 Å². The first-order valence-corrected chi connectivity index (χ1v) is 13.0. The minimum atomic E-state index is -0.394. The molecule has 2 fully saturated rings. The van der Waals surface area contributed by atoms with Crippen molar-refractivity contribution in [3.63, 3.8) is 0 Å². The molecule has 1 saturated heterocycles. The predicted octanol–water partition coefficient (Wildman–Crippen LogP) is 3.94. The lowest BCUT2D eigenvalue weighted by molar-refractivity contribution is -0.134. The van der Waals surface area contributed by atoms with Gasteiger partial charge in [0.25, 0.3) is 5.91 Å². The fraction of sp³-hybridized carbons (Fsp3) is 0.464. The Morgan fingerprint density at radius 1 is 1.05 bits per heavy atom. The van der Waals surface area contributed by atoms with Crippen LogP contribution in [0.15, 0.2) is 42.5 Å². The Balaban J connectivity index is 1.23. The number of nitrogens with one attached hydrogen (secondary N) is 3. The topological polar surface area (TPSA) is 109 Å². The monoisotopic (exact) mass is 506 g/mol. The largest absolute Gasteiger partial charge is 0.490 e. The van der Waals surface area contributed by atoms with E-state index in [-0.39, 0.29) is 36.7 Å². The number of anilines is 2. The normalized spacial score (nSPS) is 23.0. The van der Waals surface area contributed by atoms with Gasteiger partial charge in [-0.25, -0.2) is 4.79 Å². The number of carbonyl (C=O) groups excluding carboxylic acids is 3. The van der Waals surface area contributed by atoms with Gasteiger partial charge in [0, 0.05) is 25.0 Å². The molecule has 4 amide bonds. The summed E-state index contributed by atoms with van der Waals surface area (Å²) in [6, 6.07) is 12.0. The molecule has 9 heteroatoms. The number of fused-ring (bicyclic) bond motifs is 2. The van der Waals surface area contributed by atoms with Gasteiger partial charge in [-0.1, -0.05) is 18.2 Å². The van der Waals surface area contributed by atoms with Gasteiger partial charge in [-0.15, -0.1) is 0 Å². The van der Waals surface area contributed by atoms with Crippen molar-refractivity contribution in [2.24, 2.45) is 5.92 Å². The quantitative estimate of drug-likeness (QED) is 0.550. The van der Waals surface area contributed by atoms with Crippen LogP contribution in [-0.4, -0.2) is 61.2 Å². The number of para-hydroxylation sites is 1. The highest BCUT2D eigenvalue weighted by Crippen LogP contribution is 2.33. The number of nitrogens with zero attached hydrogens (tertiary/aromatic N) is 1. The maximum atomic E-state index is 13.4. The average Bonchev–Trinajstić information content (AvgIpc) is 3.71. The highest BCUT2D eigenvalue weighted by atomic mass is 16.5. The fourth-order valence-corrected chi connectivity index (χ4v) is 4.96. The Morgan fingerprint density at radius 2 is 1.86 bits per heavy atom. The van der Waals surface area contributed by atoms with E-state index in [2.05, 4.69) is 16.0 Å². The van der Waals surface area contributed by atoms with Gasteiger partial charge in [-0.05, 0) is 68.4 Å². The van der Waals surface area contributed by atoms with Crippen molar-refractivity contribution >= 4 is 29.2 Å². The minimum absolute atomic E-state index is 0.0170. The molecule has 3 N–H and O–H groups in total. The fourth-order valence-electron chi connectivity index (χ4n) is 4.96. The molecule has 1 aliphatic carbocycles. The number of hydrogen-bond donors (Lipinski definition) is 3. The second-order valence-electron chi connectivity index (χ2n) is 10.2. The summed E-state index contributed by atoms with van der Waals surface area (Å²) in [4.78, 5) is 40.0. The van der Waals surface area contributed by atoms with Crippen LogP contribution < -0.4 is 20.7 Å². The van der Waals surface area contributed by atoms with E-state index in [9.17, 15) is 14.4 Å². The average molecular weight is 507 g/mol. The standard InChI is InChI=1S/C28H34N4O5/c1-17-5-3-4-6-22(17)31-28(35)30-19-9-12-24-21(13-19)27(34)32(2)23-11-10-20(37-25(23)16-36-24)14-26(33)29-15-18-7-8-18/h3-6,9,12-13,18,20,23,25H,7-8,10-11,14-16H2,1-2H3,(H,29,33)(H2,30,31,35)/t20-,23+,25+/m1/s1. The molecule has 0 bridgehead atoms. The number of hydrogen-bond acceptors (Lipinski definition) is 5. The Labute approximate surface area is 216 Å². The summed E-state index contributed by atoms with van der Waals surface area (Å²) in [5.41, 5.74) is 2.54. The summed E-state index contributed by atoms with van der Waals surface area (Å²) in [5.74, 6) is 0.894. The highest BCUT2D eigenvalue weighted by molar-refractivity contribution is 6.02. The van der Waals surface area contributed by atoms with Gasteiger partial charge >= 0.3 is 6.03 Å². The number of ether oxygens (including phenoxy) is 2. The van der Waals surface area contributed by atoms with E-state index in [0.717, 1.165) is 18.5 Å². The van der Waals surface area contributed by atoms with Crippen molar-refractivity contribution < 1.29 is 23.9 Å². The van der Waals surface area contributed by atoms with Crippen molar-refractivity contribution in [2.45, 2.75) is 57.3 Å². The summed E-state index contributed by atoms with van der Waals surface area (Å²) in [5, 5.41) is 8.63. The van der Waals surface area contributed by atoms with Crippen LogP contribution in [0.4, 0.5) is 16.2 Å². The third kappa shape index (κ3) is 6.05. The maximum absolute atomic E-state index is 13.4. The summed E-state index contributed by atoms with van der Waals surface area (Å²) < 4.78 is 12.3. The SMILES string of the molecule is Cc1ccccc1NC(=O)Nc1ccc2c(c1)C(=O)N(C)[C@H]1CC[C@H](CC(=O)NCC3CC3)O[C@H]1CO2. The second kappa shape index (κ2) is 10.8. The molecule has 2 heterocycles. The van der Waals surface area contributed by atoms with Gasteiger partial charge in [0.15, 0.2) is 0 Å². The van der Waals surface area contributed by atoms with E-state index in [1.54, 1.807) is 30.1 Å². The summed E-state index contributed by atoms with van der Waals surface area (Å²) >= 11 is 0. The smallest absolute Gasteiger partial charge is 0.323 e. The lowest BCUT2D eigenvalue weighted by atomic mass is 9.94. The molecule has 5 rings (SSSR count). The maximum Gasteiger partial charge on any atom is 0.323 e. The summed E-state index contributed by atoms with van der Waals surface area (Å²) in [6.45, 7) is 2.94. The first-order chi connectivity index (χ1) is 17.9. The first kappa shape index (κ1) is 25.1. The molecule has 37 heavy (non-hydrogen) atoms. The molecule has 0 spiro atoms. The van der Waals surface area contributed by atoms with Gasteiger partial charge in [0.2, 0.25) is 5.91 Å². The zero-order valence-electron chi connectivity index (χ0n) is 21.3. The lowest BCUT2D eigenvalue weighted by Gasteiger charge is -2.42. The first-order valence-electron chi connectivity index (χ1n) is 13.0. The van der Waals surface area contributed by atoms with E-state index in [4.69, 9.17) is 9.47 Å². The van der Waals surface area contributed by atoms with Crippen LogP contribution in [0.3, 0.4) is 0 Å². The van der Waals surface area contributed by atoms with Gasteiger partial charge < -0.3 is 30.3 Å². The Morgan fingerprint density at radius 3 is 2.65 bits per heavy atom. The van der Waals surface area contributed by atoms with E-state index < -0.39 is 6.03 Å². The Hall–Kier alpha value is -3.59. The number of rotatable bonds is 6. The third-order valence-corrected chi connectivity index (χ3v) is 7.36. The molecule has 196 valence electrons. The van der Waals surface area contributed by atoms with Gasteiger partial charge in [0.05, 0.1) is 24.1 Å². The number of amides is 4. The zero-order chi connectivity index (χ0) is 25.9. The number of urea groups is 1. The number of likely N-dealkylation sites (N-methyl/N-ethyl adjacent to an activating group) is 1. The number of carbonyl (C=O) groups is 3. The zero-order valence-corrected chi connectivity index (χ0v) is 21.3. The molecule has 2 aromatic carbocycles. The number of aryl methyl sites for hydroxylation is 1. The third-order valence-electron chi connectivity index (χ3n) is 7.36. The van der Waals surface area contributed by atoms with Crippen molar-refractivity contribution in [2.75, 3.05) is 30.8 Å². The number of benzene rings is 2. The van der Waals surface area contributed by atoms with E-state index in [0.29, 0.717) is 41.4 Å². The second-order valence-corrected chi connectivity index (χ2v) is 10.2. The molecule has 3 atom stereocenters. The van der Waals surface area contributed by atoms with Gasteiger partial charge in [-0.3, -0.25) is 9.59 Å². The molecule has 0 radical (unpaired) electrons. The molecule has 0 unspecified atom stereocenters. The summed E-state index contributed by atoms with van der Waals surface area (Å²) in [6.07, 6.45) is 3.62. The van der Waals surface area contributed by atoms with Crippen molar-refractivity contribution in [3.8, 4) is 5.75 Å². The Kier molecular flexibility index (Phi) is 7.32. The van der Waals surface area contributed by atoms with Crippen LogP contribution in [0.1, 0.15) is 48.0 Å². The Bertz CT molecular complexity index is 1180. The van der Waals surface area contributed by atoms with Crippen molar-refractivity contribution in [1.82, 2.24) is 10.2 Å². The van der Waals surface area contributed by atoms with Gasteiger partial charge in [0.1, 0.15) is 18.5 Å². The van der Waals surface area contributed by atoms with E-state index >= 15 is 0 Å². The summed E-state index contributed by atoms with van der Waals surface area (Å²) in [7, 11) is 1.77. The highest BCUT2D eigenvalue weighted by Gasteiger charge is 2.39. The molecular weight excluding hydrogens is 472 g/mol. The molecule has 0 aromatic heterocycles. The van der Waals surface area contributed by atoms with E-state index in [1.165, 1.54) is 12.8 Å². The van der Waals surface area contributed by atoms with Crippen LogP contribution in [-0.2, 0) is 9.53 Å². The predicted molar refractivity (Wildman–Crippen MR) is 140 cm³/mol. The van der Waals surface area contributed by atoms with Crippen molar-refractivity contribution in [3.05, 3.63) is 53.6 Å². The van der Waals surface area contributed by atoms with Gasteiger partial charge in [-0.2, -0.15) is 0 Å².